The van der Waals surface area contributed by atoms with Crippen LogP contribution in [0, 0.1) is 11.8 Å². The number of hydrogen-bond donors (Lipinski definition) is 1. The van der Waals surface area contributed by atoms with E-state index in [4.69, 9.17) is 0 Å². The molecule has 168 valence electrons. The number of nitrogens with zero attached hydrogens (tertiary/aromatic N) is 2. The van der Waals surface area contributed by atoms with E-state index in [-0.39, 0.29) is 41.5 Å². The summed E-state index contributed by atoms with van der Waals surface area (Å²) in [5, 5.41) is 3.12. The fraction of sp³-hybridized carbons (Fsp3) is 0.583. The molecule has 0 atom stereocenters. The van der Waals surface area contributed by atoms with Crippen LogP contribution in [0.3, 0.4) is 0 Å². The second-order valence-electron chi connectivity index (χ2n) is 8.96. The molecular formula is C24H33N3O4. The molecule has 4 amide bonds. The van der Waals surface area contributed by atoms with E-state index in [1.165, 1.54) is 4.90 Å². The summed E-state index contributed by atoms with van der Waals surface area (Å²) in [4.78, 5) is 53.5. The normalized spacial score (nSPS) is 17.0. The second-order valence-corrected chi connectivity index (χ2v) is 8.96. The smallest absolute Gasteiger partial charge is 0.261 e. The molecule has 1 N–H and O–H groups in total. The average molecular weight is 428 g/mol. The van der Waals surface area contributed by atoms with Gasteiger partial charge >= 0.3 is 0 Å². The molecule has 2 heterocycles. The third-order valence-corrected chi connectivity index (χ3v) is 6.25. The Morgan fingerprint density at radius 2 is 1.65 bits per heavy atom. The van der Waals surface area contributed by atoms with E-state index in [2.05, 4.69) is 5.32 Å². The largest absolute Gasteiger partial charge is 0.353 e. The molecule has 7 nitrogen and oxygen atoms in total. The molecule has 1 aromatic carbocycles. The number of imide groups is 1. The number of hydrogen-bond acceptors (Lipinski definition) is 4. The molecule has 2 aliphatic heterocycles. The molecule has 1 fully saturated rings. The minimum Gasteiger partial charge on any atom is -0.353 e. The monoisotopic (exact) mass is 427 g/mol. The van der Waals surface area contributed by atoms with E-state index in [9.17, 15) is 19.2 Å². The van der Waals surface area contributed by atoms with E-state index in [1.807, 2.05) is 27.7 Å². The number of rotatable bonds is 7. The summed E-state index contributed by atoms with van der Waals surface area (Å²) in [5.74, 6) is -0.442. The fourth-order valence-electron chi connectivity index (χ4n) is 4.34. The Labute approximate surface area is 184 Å². The number of carbonyl (C=O) groups excluding carboxylic acids is 4. The van der Waals surface area contributed by atoms with Gasteiger partial charge in [-0.25, -0.2) is 0 Å². The first kappa shape index (κ1) is 23.0. The molecule has 1 aromatic rings. The second kappa shape index (κ2) is 9.62. The first-order chi connectivity index (χ1) is 14.8. The number of fused-ring (bicyclic) bond motifs is 1. The van der Waals surface area contributed by atoms with Gasteiger partial charge in [0.2, 0.25) is 5.91 Å². The Hall–Kier alpha value is -2.70. The summed E-state index contributed by atoms with van der Waals surface area (Å²) in [6.07, 6.45) is 3.08. The lowest BCUT2D eigenvalue weighted by Crippen LogP contribution is -2.47. The van der Waals surface area contributed by atoms with Crippen LogP contribution in [0.25, 0.3) is 0 Å². The summed E-state index contributed by atoms with van der Waals surface area (Å²) in [5.41, 5.74) is 1.10. The Balaban J connectivity index is 1.63. The number of likely N-dealkylation sites (tertiary alicyclic amines) is 1. The first-order valence-electron chi connectivity index (χ1n) is 11.4. The molecule has 0 bridgehead atoms. The molecule has 2 aliphatic rings. The minimum atomic E-state index is -0.328. The van der Waals surface area contributed by atoms with Crippen LogP contribution in [0.5, 0.6) is 0 Å². The van der Waals surface area contributed by atoms with Crippen LogP contribution in [0.2, 0.25) is 0 Å². The highest BCUT2D eigenvalue weighted by molar-refractivity contribution is 6.22. The highest BCUT2D eigenvalue weighted by Gasteiger charge is 2.36. The lowest BCUT2D eigenvalue weighted by atomic mass is 9.99. The van der Waals surface area contributed by atoms with Crippen LogP contribution < -0.4 is 5.32 Å². The van der Waals surface area contributed by atoms with Crippen molar-refractivity contribution in [3.63, 3.8) is 0 Å². The van der Waals surface area contributed by atoms with Gasteiger partial charge in [0.1, 0.15) is 0 Å². The minimum absolute atomic E-state index is 0.0431. The van der Waals surface area contributed by atoms with Crippen molar-refractivity contribution in [3.05, 3.63) is 34.9 Å². The van der Waals surface area contributed by atoms with Gasteiger partial charge in [0.15, 0.2) is 0 Å². The number of carbonyl (C=O) groups is 4. The molecule has 0 saturated carbocycles. The van der Waals surface area contributed by atoms with Crippen LogP contribution in [0.15, 0.2) is 18.2 Å². The summed E-state index contributed by atoms with van der Waals surface area (Å²) in [6, 6.07) is 4.86. The van der Waals surface area contributed by atoms with Crippen molar-refractivity contribution in [1.82, 2.24) is 15.1 Å². The lowest BCUT2D eigenvalue weighted by molar-refractivity contribution is -0.126. The van der Waals surface area contributed by atoms with Gasteiger partial charge in [-0.2, -0.15) is 0 Å². The van der Waals surface area contributed by atoms with Gasteiger partial charge in [-0.1, -0.05) is 27.7 Å². The Morgan fingerprint density at radius 1 is 1.03 bits per heavy atom. The molecule has 0 aromatic heterocycles. The summed E-state index contributed by atoms with van der Waals surface area (Å²) < 4.78 is 0. The lowest BCUT2D eigenvalue weighted by Gasteiger charge is -2.33. The van der Waals surface area contributed by atoms with E-state index >= 15 is 0 Å². The van der Waals surface area contributed by atoms with Gasteiger partial charge in [0.05, 0.1) is 11.1 Å². The maximum atomic E-state index is 13.0. The van der Waals surface area contributed by atoms with Crippen molar-refractivity contribution < 1.29 is 19.2 Å². The van der Waals surface area contributed by atoms with Gasteiger partial charge in [0.25, 0.3) is 17.7 Å². The average Bonchev–Trinajstić information content (AvgIpc) is 2.98. The van der Waals surface area contributed by atoms with Crippen LogP contribution in [-0.4, -0.2) is 59.1 Å². The molecule has 0 spiro atoms. The molecule has 0 unspecified atom stereocenters. The first-order valence-corrected chi connectivity index (χ1v) is 11.4. The molecule has 7 heteroatoms. The van der Waals surface area contributed by atoms with E-state index in [0.717, 1.165) is 12.8 Å². The van der Waals surface area contributed by atoms with E-state index < -0.39 is 0 Å². The van der Waals surface area contributed by atoms with Crippen molar-refractivity contribution in [2.75, 3.05) is 19.6 Å². The highest BCUT2D eigenvalue weighted by Crippen LogP contribution is 2.26. The SMILES string of the molecule is CCC(CC)C(=O)NC1CCN(C(=O)c2ccc3c(c2)C(=O)N(CC(C)C)C3=O)CC1. The van der Waals surface area contributed by atoms with Gasteiger partial charge in [-0.05, 0) is 49.8 Å². The van der Waals surface area contributed by atoms with Crippen molar-refractivity contribution in [3.8, 4) is 0 Å². The number of nitrogens with one attached hydrogen (secondary N) is 1. The Morgan fingerprint density at radius 3 is 2.23 bits per heavy atom. The van der Waals surface area contributed by atoms with Gasteiger partial charge in [-0.3, -0.25) is 24.1 Å². The molecule has 31 heavy (non-hydrogen) atoms. The Kier molecular flexibility index (Phi) is 7.13. The standard InChI is InChI=1S/C24H33N3O4/c1-5-16(6-2)21(28)25-18-9-11-26(12-10-18)22(29)17-7-8-19-20(13-17)24(31)27(23(19)30)14-15(3)4/h7-8,13,15-16,18H,5-6,9-12,14H2,1-4H3,(H,25,28). The van der Waals surface area contributed by atoms with Crippen LogP contribution in [0.4, 0.5) is 0 Å². The van der Waals surface area contributed by atoms with Crippen molar-refractivity contribution in [2.24, 2.45) is 11.8 Å². The molecule has 0 aliphatic carbocycles. The van der Waals surface area contributed by atoms with Crippen LogP contribution in [0.1, 0.15) is 84.5 Å². The van der Waals surface area contributed by atoms with Gasteiger partial charge < -0.3 is 10.2 Å². The zero-order chi connectivity index (χ0) is 22.7. The molecule has 3 rings (SSSR count). The zero-order valence-electron chi connectivity index (χ0n) is 18.9. The Bertz CT molecular complexity index is 868. The topological polar surface area (TPSA) is 86.8 Å². The van der Waals surface area contributed by atoms with E-state index in [0.29, 0.717) is 49.2 Å². The summed E-state index contributed by atoms with van der Waals surface area (Å²) in [6.45, 7) is 9.42. The van der Waals surface area contributed by atoms with E-state index in [1.54, 1.807) is 23.1 Å². The highest BCUT2D eigenvalue weighted by atomic mass is 16.2. The van der Waals surface area contributed by atoms with Crippen LogP contribution in [-0.2, 0) is 4.79 Å². The zero-order valence-corrected chi connectivity index (χ0v) is 18.9. The van der Waals surface area contributed by atoms with Crippen molar-refractivity contribution in [2.45, 2.75) is 59.4 Å². The van der Waals surface area contributed by atoms with Crippen molar-refractivity contribution in [1.29, 1.82) is 0 Å². The molecule has 1 saturated heterocycles. The predicted octanol–water partition coefficient (Wildman–Crippen LogP) is 3.10. The summed E-state index contributed by atoms with van der Waals surface area (Å²) in [7, 11) is 0. The number of piperidine rings is 1. The molecule has 0 radical (unpaired) electrons. The third kappa shape index (κ3) is 4.81. The molecular weight excluding hydrogens is 394 g/mol. The fourth-order valence-corrected chi connectivity index (χ4v) is 4.34. The van der Waals surface area contributed by atoms with Crippen molar-refractivity contribution >= 4 is 23.6 Å². The number of amides is 4. The summed E-state index contributed by atoms with van der Waals surface area (Å²) >= 11 is 0. The van der Waals surface area contributed by atoms with Gasteiger partial charge in [0, 0.05) is 37.2 Å². The quantitative estimate of drug-likeness (QED) is 0.678. The predicted molar refractivity (Wildman–Crippen MR) is 118 cm³/mol. The van der Waals surface area contributed by atoms with Gasteiger partial charge in [-0.15, -0.1) is 0 Å². The third-order valence-electron chi connectivity index (χ3n) is 6.25. The maximum Gasteiger partial charge on any atom is 0.261 e. The number of benzene rings is 1. The van der Waals surface area contributed by atoms with Crippen LogP contribution >= 0.6 is 0 Å². The maximum absolute atomic E-state index is 13.0.